The van der Waals surface area contributed by atoms with Crippen LogP contribution in [0, 0.1) is 0 Å². The molecule has 0 bridgehead atoms. The fourth-order valence-electron chi connectivity index (χ4n) is 3.46. The quantitative estimate of drug-likeness (QED) is 0.900. The molecular weight excluding hydrogens is 296 g/mol. The fourth-order valence-corrected chi connectivity index (χ4v) is 3.46. The number of carboxylic acid groups (broad SMARTS) is 1. The van der Waals surface area contributed by atoms with Gasteiger partial charge in [0.1, 0.15) is 6.04 Å². The highest BCUT2D eigenvalue weighted by Gasteiger charge is 2.33. The Morgan fingerprint density at radius 2 is 1.96 bits per heavy atom. The van der Waals surface area contributed by atoms with E-state index in [-0.39, 0.29) is 11.8 Å². The van der Waals surface area contributed by atoms with E-state index in [1.165, 1.54) is 11.8 Å². The Hall–Kier alpha value is -2.37. The van der Waals surface area contributed by atoms with Crippen molar-refractivity contribution < 1.29 is 19.5 Å². The van der Waals surface area contributed by atoms with E-state index in [0.717, 1.165) is 30.5 Å². The van der Waals surface area contributed by atoms with Gasteiger partial charge in [-0.3, -0.25) is 9.59 Å². The highest BCUT2D eigenvalue weighted by Crippen LogP contribution is 2.30. The lowest BCUT2D eigenvalue weighted by Crippen LogP contribution is -2.48. The van der Waals surface area contributed by atoms with Crippen molar-refractivity contribution in [3.63, 3.8) is 0 Å². The molecule has 1 saturated heterocycles. The number of hydrogen-bond donors (Lipinski definition) is 1. The highest BCUT2D eigenvalue weighted by atomic mass is 16.4. The lowest BCUT2D eigenvalue weighted by molar-refractivity contribution is -0.143. The monoisotopic (exact) mass is 316 g/mol. The molecule has 1 N–H and O–H groups in total. The first-order chi connectivity index (χ1) is 11.0. The Balaban J connectivity index is 1.86. The minimum atomic E-state index is -0.943. The average Bonchev–Trinajstić information content (AvgIpc) is 2.97. The van der Waals surface area contributed by atoms with Gasteiger partial charge in [0, 0.05) is 31.3 Å². The summed E-state index contributed by atoms with van der Waals surface area (Å²) in [5.74, 6) is -1.19. The number of rotatable bonds is 2. The number of piperidine rings is 1. The first-order valence-electron chi connectivity index (χ1n) is 7.94. The average molecular weight is 316 g/mol. The summed E-state index contributed by atoms with van der Waals surface area (Å²) < 4.78 is 0. The Bertz CT molecular complexity index is 671. The van der Waals surface area contributed by atoms with Crippen molar-refractivity contribution in [3.8, 4) is 0 Å². The molecule has 0 spiro atoms. The zero-order valence-electron chi connectivity index (χ0n) is 13.1. The van der Waals surface area contributed by atoms with Gasteiger partial charge in [0.25, 0.3) is 5.91 Å². The molecule has 3 rings (SSSR count). The standard InChI is InChI=1S/C17H20N2O4/c1-11(20)18-9-7-12-10-13(5-6-14(12)18)16(21)19-8-3-2-4-15(19)17(22)23/h5-6,10,15H,2-4,7-9H2,1H3,(H,22,23)/t15-/m1/s1. The van der Waals surface area contributed by atoms with Crippen LogP contribution in [0.25, 0.3) is 0 Å². The summed E-state index contributed by atoms with van der Waals surface area (Å²) in [6.07, 6.45) is 2.89. The molecule has 6 nitrogen and oxygen atoms in total. The summed E-state index contributed by atoms with van der Waals surface area (Å²) >= 11 is 0. The number of fused-ring (bicyclic) bond motifs is 1. The van der Waals surface area contributed by atoms with Gasteiger partial charge in [0.15, 0.2) is 0 Å². The van der Waals surface area contributed by atoms with Crippen molar-refractivity contribution in [1.82, 2.24) is 4.90 Å². The van der Waals surface area contributed by atoms with E-state index in [1.54, 1.807) is 23.1 Å². The van der Waals surface area contributed by atoms with Crippen LogP contribution in [-0.4, -0.2) is 46.9 Å². The van der Waals surface area contributed by atoms with Crippen molar-refractivity contribution >= 4 is 23.5 Å². The third-order valence-corrected chi connectivity index (χ3v) is 4.65. The van der Waals surface area contributed by atoms with E-state index in [9.17, 15) is 19.5 Å². The number of likely N-dealkylation sites (tertiary alicyclic amines) is 1. The van der Waals surface area contributed by atoms with Crippen molar-refractivity contribution in [3.05, 3.63) is 29.3 Å². The molecule has 122 valence electrons. The van der Waals surface area contributed by atoms with Gasteiger partial charge in [-0.1, -0.05) is 0 Å². The van der Waals surface area contributed by atoms with E-state index >= 15 is 0 Å². The number of nitrogens with zero attached hydrogens (tertiary/aromatic N) is 2. The first kappa shape index (κ1) is 15.5. The van der Waals surface area contributed by atoms with Crippen molar-refractivity contribution in [2.45, 2.75) is 38.6 Å². The molecule has 2 aliphatic heterocycles. The van der Waals surface area contributed by atoms with Crippen molar-refractivity contribution in [1.29, 1.82) is 0 Å². The zero-order chi connectivity index (χ0) is 16.6. The van der Waals surface area contributed by atoms with Crippen LogP contribution >= 0.6 is 0 Å². The van der Waals surface area contributed by atoms with E-state index in [2.05, 4.69) is 0 Å². The Labute approximate surface area is 134 Å². The molecule has 2 heterocycles. The summed E-state index contributed by atoms with van der Waals surface area (Å²) in [4.78, 5) is 38.8. The van der Waals surface area contributed by atoms with Gasteiger partial charge in [-0.15, -0.1) is 0 Å². The lowest BCUT2D eigenvalue weighted by atomic mass is 10.00. The second kappa shape index (κ2) is 6.02. The molecule has 2 aliphatic rings. The minimum Gasteiger partial charge on any atom is -0.480 e. The first-order valence-corrected chi connectivity index (χ1v) is 7.94. The molecule has 0 saturated carbocycles. The Morgan fingerprint density at radius 1 is 1.17 bits per heavy atom. The van der Waals surface area contributed by atoms with Crippen LogP contribution < -0.4 is 4.90 Å². The molecule has 2 amide bonds. The predicted octanol–water partition coefficient (Wildman–Crippen LogP) is 1.67. The second-order valence-electron chi connectivity index (χ2n) is 6.11. The number of aliphatic carboxylic acids is 1. The largest absolute Gasteiger partial charge is 0.480 e. The number of anilines is 1. The van der Waals surface area contributed by atoms with Crippen molar-refractivity contribution in [2.24, 2.45) is 0 Å². The molecule has 0 aliphatic carbocycles. The smallest absolute Gasteiger partial charge is 0.326 e. The van der Waals surface area contributed by atoms with Gasteiger partial charge in [-0.25, -0.2) is 4.79 Å². The predicted molar refractivity (Wildman–Crippen MR) is 84.5 cm³/mol. The third kappa shape index (κ3) is 2.81. The van der Waals surface area contributed by atoms with Gasteiger partial charge in [0.2, 0.25) is 5.91 Å². The molecule has 6 heteroatoms. The molecule has 1 aromatic rings. The Kier molecular flexibility index (Phi) is 4.07. The molecule has 23 heavy (non-hydrogen) atoms. The fraction of sp³-hybridized carbons (Fsp3) is 0.471. The topological polar surface area (TPSA) is 77.9 Å². The van der Waals surface area contributed by atoms with Crippen LogP contribution in [0.3, 0.4) is 0 Å². The van der Waals surface area contributed by atoms with Crippen molar-refractivity contribution in [2.75, 3.05) is 18.0 Å². The molecule has 0 aromatic heterocycles. The van der Waals surface area contributed by atoms with Crippen LogP contribution in [0.1, 0.15) is 42.1 Å². The van der Waals surface area contributed by atoms with Gasteiger partial charge in [0.05, 0.1) is 0 Å². The number of carboxylic acids is 1. The number of amides is 2. The summed E-state index contributed by atoms with van der Waals surface area (Å²) in [6.45, 7) is 2.63. The Morgan fingerprint density at radius 3 is 2.65 bits per heavy atom. The molecule has 0 unspecified atom stereocenters. The van der Waals surface area contributed by atoms with Gasteiger partial charge in [-0.2, -0.15) is 0 Å². The number of carbonyl (C=O) groups excluding carboxylic acids is 2. The van der Waals surface area contributed by atoms with E-state index in [0.29, 0.717) is 25.1 Å². The number of carbonyl (C=O) groups is 3. The van der Waals surface area contributed by atoms with Crippen LogP contribution in [0.5, 0.6) is 0 Å². The molecule has 1 atom stereocenters. The molecule has 1 aromatic carbocycles. The van der Waals surface area contributed by atoms with E-state index in [1.807, 2.05) is 0 Å². The summed E-state index contributed by atoms with van der Waals surface area (Å²) in [6, 6.07) is 4.54. The maximum atomic E-state index is 12.7. The minimum absolute atomic E-state index is 0.00945. The normalized spacial score (nSPS) is 20.3. The summed E-state index contributed by atoms with van der Waals surface area (Å²) in [7, 11) is 0. The number of hydrogen-bond acceptors (Lipinski definition) is 3. The van der Waals surface area contributed by atoms with Crippen LogP contribution in [0.2, 0.25) is 0 Å². The van der Waals surface area contributed by atoms with Gasteiger partial charge >= 0.3 is 5.97 Å². The third-order valence-electron chi connectivity index (χ3n) is 4.65. The van der Waals surface area contributed by atoms with Crippen LogP contribution in [0.15, 0.2) is 18.2 Å². The molecule has 0 radical (unpaired) electrons. The highest BCUT2D eigenvalue weighted by molar-refractivity contribution is 5.99. The maximum Gasteiger partial charge on any atom is 0.326 e. The molecule has 1 fully saturated rings. The number of benzene rings is 1. The zero-order valence-corrected chi connectivity index (χ0v) is 13.1. The molecular formula is C17H20N2O4. The van der Waals surface area contributed by atoms with Gasteiger partial charge in [-0.05, 0) is 49.4 Å². The summed E-state index contributed by atoms with van der Waals surface area (Å²) in [5.41, 5.74) is 2.32. The van der Waals surface area contributed by atoms with Gasteiger partial charge < -0.3 is 14.9 Å². The second-order valence-corrected chi connectivity index (χ2v) is 6.11. The van der Waals surface area contributed by atoms with E-state index in [4.69, 9.17) is 0 Å². The summed E-state index contributed by atoms with van der Waals surface area (Å²) in [5, 5.41) is 9.32. The maximum absolute atomic E-state index is 12.7. The van der Waals surface area contributed by atoms with Crippen LogP contribution in [0.4, 0.5) is 5.69 Å². The van der Waals surface area contributed by atoms with Crippen LogP contribution in [-0.2, 0) is 16.0 Å². The van der Waals surface area contributed by atoms with E-state index < -0.39 is 12.0 Å². The SMILES string of the molecule is CC(=O)N1CCc2cc(C(=O)N3CCCC[C@@H]3C(=O)O)ccc21. The lowest BCUT2D eigenvalue weighted by Gasteiger charge is -2.33.